The predicted molar refractivity (Wildman–Crippen MR) is 124 cm³/mol. The third-order valence-corrected chi connectivity index (χ3v) is 9.60. The van der Waals surface area contributed by atoms with Crippen molar-refractivity contribution in [2.24, 2.45) is 0 Å². The Kier molecular flexibility index (Phi) is 3.70. The topological polar surface area (TPSA) is 36.9 Å². The molecule has 0 N–H and O–H groups in total. The molecule has 1 aromatic heterocycles. The Hall–Kier alpha value is -2.60. The first-order valence-electron chi connectivity index (χ1n) is 12.0. The van der Waals surface area contributed by atoms with Crippen LogP contribution in [0.3, 0.4) is 0 Å². The van der Waals surface area contributed by atoms with E-state index in [4.69, 9.17) is 4.74 Å². The van der Waals surface area contributed by atoms with Crippen molar-refractivity contribution >= 4 is 21.7 Å². The van der Waals surface area contributed by atoms with Crippen LogP contribution < -0.4 is 9.30 Å². The summed E-state index contributed by atoms with van der Waals surface area (Å²) < 4.78 is 9.08. The van der Waals surface area contributed by atoms with Crippen molar-refractivity contribution in [3.63, 3.8) is 0 Å². The van der Waals surface area contributed by atoms with Crippen LogP contribution in [0.5, 0.6) is 5.75 Å². The lowest BCUT2D eigenvalue weighted by molar-refractivity contribution is -0.751. The lowest BCUT2D eigenvalue weighted by Gasteiger charge is -2.45. The summed E-state index contributed by atoms with van der Waals surface area (Å²) in [5, 5.41) is 13.4. The van der Waals surface area contributed by atoms with Gasteiger partial charge < -0.3 is 4.74 Å². The molecule has 2 unspecified atom stereocenters. The van der Waals surface area contributed by atoms with E-state index in [-0.39, 0.29) is 16.4 Å². The van der Waals surface area contributed by atoms with E-state index in [0.717, 1.165) is 36.1 Å². The zero-order valence-electron chi connectivity index (χ0n) is 19.1. The minimum Gasteiger partial charge on any atom is -0.491 e. The fourth-order valence-electron chi connectivity index (χ4n) is 7.18. The minimum atomic E-state index is -0.0488. The maximum atomic E-state index is 9.83. The zero-order valence-corrected chi connectivity index (χ0v) is 19.1. The van der Waals surface area contributed by atoms with Gasteiger partial charge in [0.25, 0.3) is 0 Å². The molecule has 1 aliphatic carbocycles. The van der Waals surface area contributed by atoms with Gasteiger partial charge in [0.15, 0.2) is 11.7 Å². The average molecular weight is 412 g/mol. The van der Waals surface area contributed by atoms with Gasteiger partial charge in [-0.25, -0.2) is 0 Å². The maximum Gasteiger partial charge on any atom is 0.225 e. The molecule has 0 radical (unpaired) electrons. The van der Waals surface area contributed by atoms with Gasteiger partial charge in [0, 0.05) is 24.1 Å². The smallest absolute Gasteiger partial charge is 0.225 e. The molecular formula is C28H31N2O+. The fraction of sp³-hybridized carbons (Fsp3) is 0.500. The molecule has 0 saturated heterocycles. The highest BCUT2D eigenvalue weighted by Gasteiger charge is 2.57. The number of fused-ring (bicyclic) bond motifs is 3. The standard InChI is InChI=1S/C28H31N2O/c1-5-26(3)21-12-9-18(15-29)19-10-11-20-24(23(19)21)30(27(26,4)6-2)16-22-25(20)31-17-28(22)13-7-8-14-28/h9-12,16H,5-8,13-14,17H2,1-4H3/q+1. The summed E-state index contributed by atoms with van der Waals surface area (Å²) in [6, 6.07) is 11.1. The molecule has 3 heterocycles. The summed E-state index contributed by atoms with van der Waals surface area (Å²) in [7, 11) is 0. The molecule has 3 heteroatoms. The molecule has 6 rings (SSSR count). The van der Waals surface area contributed by atoms with Gasteiger partial charge in [0.05, 0.1) is 40.0 Å². The van der Waals surface area contributed by atoms with Crippen molar-refractivity contribution in [1.82, 2.24) is 0 Å². The highest BCUT2D eigenvalue weighted by molar-refractivity contribution is 6.10. The molecule has 31 heavy (non-hydrogen) atoms. The molecule has 0 amide bonds. The Morgan fingerprint density at radius 1 is 1.00 bits per heavy atom. The molecule has 1 spiro atoms. The number of benzene rings is 2. The van der Waals surface area contributed by atoms with Crippen LogP contribution in [0.1, 0.15) is 82.9 Å². The second kappa shape index (κ2) is 6.00. The molecular weight excluding hydrogens is 380 g/mol. The van der Waals surface area contributed by atoms with Crippen LogP contribution in [-0.2, 0) is 16.4 Å². The van der Waals surface area contributed by atoms with Gasteiger partial charge in [0.2, 0.25) is 5.52 Å². The van der Waals surface area contributed by atoms with Crippen molar-refractivity contribution in [2.45, 2.75) is 82.6 Å². The van der Waals surface area contributed by atoms with E-state index in [9.17, 15) is 5.26 Å². The fourth-order valence-corrected chi connectivity index (χ4v) is 7.18. The van der Waals surface area contributed by atoms with Crippen LogP contribution >= 0.6 is 0 Å². The third-order valence-electron chi connectivity index (χ3n) is 9.60. The van der Waals surface area contributed by atoms with Gasteiger partial charge in [-0.1, -0.05) is 38.8 Å². The molecule has 1 fully saturated rings. The SMILES string of the molecule is CCC1(C)c2ccc(C#N)c3ccc4c5c(c[n+](c4c23)C1(C)CC)C1(CCCC1)CO5. The van der Waals surface area contributed by atoms with E-state index in [1.165, 1.54) is 53.1 Å². The number of rotatable bonds is 2. The largest absolute Gasteiger partial charge is 0.491 e. The van der Waals surface area contributed by atoms with Crippen molar-refractivity contribution in [2.75, 3.05) is 6.61 Å². The van der Waals surface area contributed by atoms with E-state index in [1.807, 2.05) is 6.07 Å². The predicted octanol–water partition coefficient (Wildman–Crippen LogP) is 6.16. The first kappa shape index (κ1) is 19.1. The maximum absolute atomic E-state index is 9.83. The molecule has 2 aromatic carbocycles. The minimum absolute atomic E-state index is 0.0174. The molecule has 1 saturated carbocycles. The second-order valence-electron chi connectivity index (χ2n) is 10.5. The Bertz CT molecular complexity index is 1310. The molecule has 3 aliphatic rings. The first-order valence-corrected chi connectivity index (χ1v) is 12.0. The number of hydrogen-bond donors (Lipinski definition) is 0. The molecule has 158 valence electrons. The first-order chi connectivity index (χ1) is 14.9. The molecule has 0 bridgehead atoms. The quantitative estimate of drug-likeness (QED) is 0.374. The number of ether oxygens (including phenoxy) is 1. The molecule has 2 aliphatic heterocycles. The summed E-state index contributed by atoms with van der Waals surface area (Å²) in [6.45, 7) is 10.3. The van der Waals surface area contributed by atoms with Crippen molar-refractivity contribution in [3.8, 4) is 11.8 Å². The summed E-state index contributed by atoms with van der Waals surface area (Å²) in [5.41, 5.74) is 4.95. The van der Waals surface area contributed by atoms with E-state index < -0.39 is 0 Å². The Balaban J connectivity index is 1.85. The molecule has 3 aromatic rings. The Labute approximate surface area is 184 Å². The molecule has 3 nitrogen and oxygen atoms in total. The number of hydrogen-bond acceptors (Lipinski definition) is 2. The van der Waals surface area contributed by atoms with Gasteiger partial charge in [0.1, 0.15) is 5.75 Å². The van der Waals surface area contributed by atoms with Crippen molar-refractivity contribution < 1.29 is 9.30 Å². The summed E-state index contributed by atoms with van der Waals surface area (Å²) in [5.74, 6) is 1.10. The average Bonchev–Trinajstić information content (AvgIpc) is 3.43. The van der Waals surface area contributed by atoms with Gasteiger partial charge in [-0.2, -0.15) is 9.83 Å². The van der Waals surface area contributed by atoms with Gasteiger partial charge in [-0.05, 0) is 43.9 Å². The number of pyridine rings is 1. The van der Waals surface area contributed by atoms with Crippen LogP contribution in [0.4, 0.5) is 0 Å². The third kappa shape index (κ3) is 2.03. The van der Waals surface area contributed by atoms with Crippen LogP contribution in [-0.4, -0.2) is 6.61 Å². The van der Waals surface area contributed by atoms with E-state index in [2.05, 4.69) is 62.7 Å². The highest BCUT2D eigenvalue weighted by atomic mass is 16.5. The van der Waals surface area contributed by atoms with Crippen molar-refractivity contribution in [1.29, 1.82) is 5.26 Å². The highest BCUT2D eigenvalue weighted by Crippen LogP contribution is 2.55. The van der Waals surface area contributed by atoms with Gasteiger partial charge in [-0.15, -0.1) is 0 Å². The Morgan fingerprint density at radius 2 is 1.74 bits per heavy atom. The van der Waals surface area contributed by atoms with E-state index in [1.54, 1.807) is 0 Å². The van der Waals surface area contributed by atoms with Crippen LogP contribution in [0, 0.1) is 11.3 Å². The van der Waals surface area contributed by atoms with Crippen molar-refractivity contribution in [3.05, 3.63) is 47.2 Å². The molecule has 2 atom stereocenters. The lowest BCUT2D eigenvalue weighted by Crippen LogP contribution is -2.66. The van der Waals surface area contributed by atoms with Gasteiger partial charge in [-0.3, -0.25) is 0 Å². The summed E-state index contributed by atoms with van der Waals surface area (Å²) >= 11 is 0. The summed E-state index contributed by atoms with van der Waals surface area (Å²) in [6.07, 6.45) is 9.64. The van der Waals surface area contributed by atoms with Crippen LogP contribution in [0.2, 0.25) is 0 Å². The number of nitriles is 1. The van der Waals surface area contributed by atoms with E-state index >= 15 is 0 Å². The normalized spacial score (nSPS) is 27.7. The monoisotopic (exact) mass is 411 g/mol. The number of nitrogens with zero attached hydrogens (tertiary/aromatic N) is 2. The van der Waals surface area contributed by atoms with Gasteiger partial charge >= 0.3 is 0 Å². The zero-order chi connectivity index (χ0) is 21.6. The Morgan fingerprint density at radius 3 is 2.42 bits per heavy atom. The second-order valence-corrected chi connectivity index (χ2v) is 10.5. The summed E-state index contributed by atoms with van der Waals surface area (Å²) in [4.78, 5) is 0. The van der Waals surface area contributed by atoms with Crippen LogP contribution in [0.25, 0.3) is 21.7 Å². The lowest BCUT2D eigenvalue weighted by atomic mass is 9.61. The number of aromatic nitrogens is 1. The van der Waals surface area contributed by atoms with E-state index in [0.29, 0.717) is 0 Å². The van der Waals surface area contributed by atoms with Crippen LogP contribution in [0.15, 0.2) is 30.5 Å².